The van der Waals surface area contributed by atoms with Crippen molar-refractivity contribution >= 4 is 0 Å². The van der Waals surface area contributed by atoms with Gasteiger partial charge in [0.05, 0.1) is 18.4 Å². The Labute approximate surface area is 113 Å². The van der Waals surface area contributed by atoms with E-state index in [9.17, 15) is 5.11 Å². The van der Waals surface area contributed by atoms with E-state index in [4.69, 9.17) is 4.74 Å². The second kappa shape index (κ2) is 6.38. The number of hydrogen-bond donors (Lipinski definition) is 1. The molecule has 1 aromatic heterocycles. The van der Waals surface area contributed by atoms with Crippen molar-refractivity contribution in [3.05, 3.63) is 47.8 Å². The van der Waals surface area contributed by atoms with Crippen LogP contribution in [-0.4, -0.2) is 21.5 Å². The smallest absolute Gasteiger partial charge is 0.119 e. The molecule has 0 saturated carbocycles. The zero-order valence-corrected chi connectivity index (χ0v) is 11.4. The lowest BCUT2D eigenvalue weighted by Gasteiger charge is -2.10. The first kappa shape index (κ1) is 13.6. The molecular formula is C15H20N2O2. The first-order chi connectivity index (χ1) is 9.19. The fourth-order valence-electron chi connectivity index (χ4n) is 1.89. The van der Waals surface area contributed by atoms with Gasteiger partial charge in [0.15, 0.2) is 0 Å². The molecule has 19 heavy (non-hydrogen) atoms. The van der Waals surface area contributed by atoms with Gasteiger partial charge in [0, 0.05) is 19.7 Å². The van der Waals surface area contributed by atoms with Crippen molar-refractivity contribution in [3.63, 3.8) is 0 Å². The molecule has 0 amide bonds. The molecule has 0 fully saturated rings. The Bertz CT molecular complexity index is 505. The third kappa shape index (κ3) is 3.83. The van der Waals surface area contributed by atoms with Crippen molar-refractivity contribution < 1.29 is 9.84 Å². The number of aliphatic hydroxyl groups is 1. The summed E-state index contributed by atoms with van der Waals surface area (Å²) in [6.07, 6.45) is 2.86. The van der Waals surface area contributed by atoms with Gasteiger partial charge in [-0.25, -0.2) is 0 Å². The molecule has 0 aliphatic heterocycles. The average Bonchev–Trinajstić information content (AvgIpc) is 2.82. The summed E-state index contributed by atoms with van der Waals surface area (Å²) < 4.78 is 7.25. The zero-order chi connectivity index (χ0) is 13.7. The van der Waals surface area contributed by atoms with Crippen molar-refractivity contribution in [2.75, 3.05) is 6.61 Å². The summed E-state index contributed by atoms with van der Waals surface area (Å²) in [6, 6.07) is 9.51. The van der Waals surface area contributed by atoms with Crippen molar-refractivity contribution in [3.8, 4) is 5.75 Å². The molecule has 0 radical (unpaired) electrons. The van der Waals surface area contributed by atoms with E-state index in [2.05, 4.69) is 12.0 Å². The van der Waals surface area contributed by atoms with E-state index in [0.29, 0.717) is 6.42 Å². The summed E-state index contributed by atoms with van der Waals surface area (Å²) in [4.78, 5) is 0. The van der Waals surface area contributed by atoms with E-state index in [0.717, 1.165) is 30.0 Å². The Balaban J connectivity index is 1.97. The highest BCUT2D eigenvalue weighted by Crippen LogP contribution is 2.20. The lowest BCUT2D eigenvalue weighted by atomic mass is 10.1. The van der Waals surface area contributed by atoms with Crippen LogP contribution in [0.2, 0.25) is 0 Å². The molecule has 0 bridgehead atoms. The normalized spacial score (nSPS) is 12.4. The van der Waals surface area contributed by atoms with Crippen LogP contribution in [0.3, 0.4) is 0 Å². The van der Waals surface area contributed by atoms with E-state index in [1.54, 1.807) is 4.68 Å². The van der Waals surface area contributed by atoms with Crippen LogP contribution >= 0.6 is 0 Å². The standard InChI is InChI=1S/C15H20N2O2/c1-3-10-19-14-6-4-12(5-7-14)15(18)11-13-8-9-17(2)16-13/h4-9,15,18H,3,10-11H2,1-2H3. The van der Waals surface area contributed by atoms with Gasteiger partial charge in [0.2, 0.25) is 0 Å². The largest absolute Gasteiger partial charge is 0.494 e. The van der Waals surface area contributed by atoms with Crippen LogP contribution < -0.4 is 4.74 Å². The van der Waals surface area contributed by atoms with Gasteiger partial charge in [-0.1, -0.05) is 19.1 Å². The third-order valence-corrected chi connectivity index (χ3v) is 2.91. The Morgan fingerprint density at radius 3 is 2.58 bits per heavy atom. The first-order valence-electron chi connectivity index (χ1n) is 6.58. The fraction of sp³-hybridized carbons (Fsp3) is 0.400. The lowest BCUT2D eigenvalue weighted by molar-refractivity contribution is 0.177. The summed E-state index contributed by atoms with van der Waals surface area (Å²) in [5.74, 6) is 0.843. The lowest BCUT2D eigenvalue weighted by Crippen LogP contribution is -2.03. The van der Waals surface area contributed by atoms with Crippen LogP contribution in [0.4, 0.5) is 0 Å². The Hall–Kier alpha value is -1.81. The van der Waals surface area contributed by atoms with Gasteiger partial charge in [0.1, 0.15) is 5.75 Å². The molecule has 0 saturated heterocycles. The number of ether oxygens (including phenoxy) is 1. The molecule has 4 nitrogen and oxygen atoms in total. The molecule has 1 atom stereocenters. The number of nitrogens with zero attached hydrogens (tertiary/aromatic N) is 2. The molecule has 1 heterocycles. The van der Waals surface area contributed by atoms with Gasteiger partial charge in [0.25, 0.3) is 0 Å². The number of aromatic nitrogens is 2. The molecule has 4 heteroatoms. The molecule has 1 unspecified atom stereocenters. The minimum absolute atomic E-state index is 0.524. The second-order valence-electron chi connectivity index (χ2n) is 4.62. The summed E-state index contributed by atoms with van der Waals surface area (Å²) in [7, 11) is 1.87. The predicted molar refractivity (Wildman–Crippen MR) is 74.1 cm³/mol. The molecule has 0 aliphatic rings. The fourth-order valence-corrected chi connectivity index (χ4v) is 1.89. The maximum absolute atomic E-state index is 10.2. The van der Waals surface area contributed by atoms with Gasteiger partial charge in [-0.2, -0.15) is 5.10 Å². The number of aryl methyl sites for hydroxylation is 1. The second-order valence-corrected chi connectivity index (χ2v) is 4.62. The number of aliphatic hydroxyl groups excluding tert-OH is 1. The van der Waals surface area contributed by atoms with Crippen LogP contribution in [0.25, 0.3) is 0 Å². The minimum Gasteiger partial charge on any atom is -0.494 e. The molecule has 2 aromatic rings. The van der Waals surface area contributed by atoms with Crippen molar-refractivity contribution in [2.24, 2.45) is 7.05 Å². The Morgan fingerprint density at radius 1 is 1.26 bits per heavy atom. The van der Waals surface area contributed by atoms with E-state index in [1.807, 2.05) is 43.6 Å². The molecule has 1 N–H and O–H groups in total. The molecule has 0 aliphatic carbocycles. The van der Waals surface area contributed by atoms with Crippen LogP contribution in [0.1, 0.15) is 30.7 Å². The van der Waals surface area contributed by atoms with Crippen molar-refractivity contribution in [1.29, 1.82) is 0 Å². The van der Waals surface area contributed by atoms with Gasteiger partial charge in [-0.15, -0.1) is 0 Å². The Morgan fingerprint density at radius 2 is 2.00 bits per heavy atom. The van der Waals surface area contributed by atoms with E-state index < -0.39 is 6.10 Å². The number of rotatable bonds is 6. The van der Waals surface area contributed by atoms with E-state index >= 15 is 0 Å². The highest BCUT2D eigenvalue weighted by molar-refractivity contribution is 5.29. The maximum atomic E-state index is 10.2. The molecule has 1 aromatic carbocycles. The van der Waals surface area contributed by atoms with Crippen molar-refractivity contribution in [1.82, 2.24) is 9.78 Å². The van der Waals surface area contributed by atoms with Gasteiger partial charge < -0.3 is 9.84 Å². The SMILES string of the molecule is CCCOc1ccc(C(O)Cc2ccn(C)n2)cc1. The summed E-state index contributed by atoms with van der Waals surface area (Å²) in [6.45, 7) is 2.79. The predicted octanol–water partition coefficient (Wildman–Crippen LogP) is 2.49. The monoisotopic (exact) mass is 260 g/mol. The van der Waals surface area contributed by atoms with Crippen LogP contribution in [0.5, 0.6) is 5.75 Å². The van der Waals surface area contributed by atoms with Gasteiger partial charge >= 0.3 is 0 Å². The van der Waals surface area contributed by atoms with E-state index in [1.165, 1.54) is 0 Å². The Kier molecular flexibility index (Phi) is 4.58. The third-order valence-electron chi connectivity index (χ3n) is 2.91. The quantitative estimate of drug-likeness (QED) is 0.868. The van der Waals surface area contributed by atoms with Gasteiger partial charge in [-0.05, 0) is 30.2 Å². The summed E-state index contributed by atoms with van der Waals surface area (Å²) in [5, 5.41) is 14.4. The number of hydrogen-bond acceptors (Lipinski definition) is 3. The number of benzene rings is 1. The van der Waals surface area contributed by atoms with Gasteiger partial charge in [-0.3, -0.25) is 4.68 Å². The molecular weight excluding hydrogens is 240 g/mol. The highest BCUT2D eigenvalue weighted by Gasteiger charge is 2.10. The zero-order valence-electron chi connectivity index (χ0n) is 11.4. The van der Waals surface area contributed by atoms with Crippen LogP contribution in [0.15, 0.2) is 36.5 Å². The summed E-state index contributed by atoms with van der Waals surface area (Å²) >= 11 is 0. The maximum Gasteiger partial charge on any atom is 0.119 e. The van der Waals surface area contributed by atoms with Crippen LogP contribution in [-0.2, 0) is 13.5 Å². The van der Waals surface area contributed by atoms with Crippen molar-refractivity contribution in [2.45, 2.75) is 25.9 Å². The first-order valence-corrected chi connectivity index (χ1v) is 6.58. The van der Waals surface area contributed by atoms with E-state index in [-0.39, 0.29) is 0 Å². The topological polar surface area (TPSA) is 47.3 Å². The minimum atomic E-state index is -0.532. The summed E-state index contributed by atoms with van der Waals surface area (Å²) in [5.41, 5.74) is 1.77. The molecule has 0 spiro atoms. The molecule has 102 valence electrons. The highest BCUT2D eigenvalue weighted by atomic mass is 16.5. The van der Waals surface area contributed by atoms with Crippen LogP contribution in [0, 0.1) is 0 Å². The molecule has 2 rings (SSSR count). The average molecular weight is 260 g/mol.